The van der Waals surface area contributed by atoms with E-state index in [2.05, 4.69) is 99.2 Å². The minimum atomic E-state index is 1.13. The van der Waals surface area contributed by atoms with Gasteiger partial charge in [0.2, 0.25) is 0 Å². The molecule has 0 spiro atoms. The first-order chi connectivity index (χ1) is 9.74. The number of benzene rings is 4. The van der Waals surface area contributed by atoms with E-state index in [1.165, 1.54) is 35.9 Å². The highest BCUT2D eigenvalue weighted by Crippen LogP contribution is 2.36. The van der Waals surface area contributed by atoms with Crippen molar-refractivity contribution in [2.45, 2.75) is 0 Å². The van der Waals surface area contributed by atoms with Crippen LogP contribution in [0.2, 0.25) is 0 Å². The van der Waals surface area contributed by atoms with Crippen LogP contribution in [0.25, 0.3) is 32.3 Å². The van der Waals surface area contributed by atoms with Gasteiger partial charge in [-0.05, 0) is 79.2 Å². The summed E-state index contributed by atoms with van der Waals surface area (Å²) in [6.45, 7) is 0. The Morgan fingerprint density at radius 2 is 1.15 bits per heavy atom. The lowest BCUT2D eigenvalue weighted by Gasteiger charge is -2.11. The summed E-state index contributed by atoms with van der Waals surface area (Å²) >= 11 is 5.98. The van der Waals surface area contributed by atoms with E-state index >= 15 is 0 Å². The van der Waals surface area contributed by atoms with Crippen LogP contribution in [0.4, 0.5) is 0 Å². The van der Waals surface area contributed by atoms with Gasteiger partial charge in [-0.15, -0.1) is 0 Å². The molecule has 0 saturated heterocycles. The first-order valence-electron chi connectivity index (χ1n) is 6.43. The van der Waals surface area contributed by atoms with Crippen molar-refractivity contribution in [3.63, 3.8) is 0 Å². The fourth-order valence-corrected chi connectivity index (χ4v) is 3.75. The van der Waals surface area contributed by atoms with E-state index in [0.29, 0.717) is 0 Å². The highest BCUT2D eigenvalue weighted by atomic mass is 127. The topological polar surface area (TPSA) is 0 Å². The molecule has 0 aliphatic rings. The molecule has 0 atom stereocenters. The lowest BCUT2D eigenvalue weighted by Crippen LogP contribution is -1.84. The molecule has 20 heavy (non-hydrogen) atoms. The van der Waals surface area contributed by atoms with Crippen molar-refractivity contribution in [2.75, 3.05) is 0 Å². The van der Waals surface area contributed by atoms with Gasteiger partial charge in [-0.3, -0.25) is 0 Å². The summed E-state index contributed by atoms with van der Waals surface area (Å²) in [5.41, 5.74) is 0. The highest BCUT2D eigenvalue weighted by molar-refractivity contribution is 14.1. The van der Waals surface area contributed by atoms with E-state index in [1.807, 2.05) is 0 Å². The minimum Gasteiger partial charge on any atom is -0.0616 e. The fourth-order valence-electron chi connectivity index (χ4n) is 2.90. The normalized spacial score (nSPS) is 11.5. The minimum absolute atomic E-state index is 1.13. The molecule has 0 saturated carbocycles. The monoisotopic (exact) mass is 432 g/mol. The molecule has 0 radical (unpaired) electrons. The van der Waals surface area contributed by atoms with Crippen LogP contribution in [0.15, 0.2) is 65.1 Å². The maximum Gasteiger partial charge on any atom is 0.0181 e. The second kappa shape index (κ2) is 4.71. The molecule has 0 aliphatic carbocycles. The van der Waals surface area contributed by atoms with Gasteiger partial charge in [0.1, 0.15) is 0 Å². The van der Waals surface area contributed by atoms with Gasteiger partial charge >= 0.3 is 0 Å². The van der Waals surface area contributed by atoms with Crippen molar-refractivity contribution in [3.8, 4) is 0 Å². The van der Waals surface area contributed by atoms with Crippen LogP contribution in [0.5, 0.6) is 0 Å². The van der Waals surface area contributed by atoms with E-state index in [1.54, 1.807) is 0 Å². The predicted molar refractivity (Wildman–Crippen MR) is 99.4 cm³/mol. The average Bonchev–Trinajstić information content (AvgIpc) is 2.47. The number of rotatable bonds is 0. The summed E-state index contributed by atoms with van der Waals surface area (Å²) in [5.74, 6) is 0. The maximum atomic E-state index is 3.60. The first kappa shape index (κ1) is 12.6. The largest absolute Gasteiger partial charge is 0.0616 e. The number of hydrogen-bond acceptors (Lipinski definition) is 0. The third-order valence-corrected chi connectivity index (χ3v) is 4.93. The van der Waals surface area contributed by atoms with Gasteiger partial charge in [0.25, 0.3) is 0 Å². The van der Waals surface area contributed by atoms with Crippen molar-refractivity contribution in [1.82, 2.24) is 0 Å². The van der Waals surface area contributed by atoms with E-state index in [0.717, 1.165) is 4.47 Å². The van der Waals surface area contributed by atoms with Crippen LogP contribution >= 0.6 is 38.5 Å². The molecule has 0 N–H and O–H groups in total. The Hall–Kier alpha value is -1.13. The average molecular weight is 433 g/mol. The lowest BCUT2D eigenvalue weighted by atomic mass is 9.94. The Balaban J connectivity index is 2.41. The van der Waals surface area contributed by atoms with E-state index in [-0.39, 0.29) is 0 Å². The zero-order valence-corrected chi connectivity index (χ0v) is 14.3. The zero-order valence-electron chi connectivity index (χ0n) is 10.5. The third kappa shape index (κ3) is 1.85. The first-order valence-corrected chi connectivity index (χ1v) is 8.30. The summed E-state index contributed by atoms with van der Waals surface area (Å²) in [4.78, 5) is 0. The molecule has 4 aromatic rings. The molecule has 0 aromatic heterocycles. The van der Waals surface area contributed by atoms with E-state index in [4.69, 9.17) is 0 Å². The predicted octanol–water partition coefficient (Wildman–Crippen LogP) is 6.51. The van der Waals surface area contributed by atoms with Gasteiger partial charge in [-0.2, -0.15) is 0 Å². The van der Waals surface area contributed by atoms with E-state index < -0.39 is 0 Å². The Kier molecular flexibility index (Phi) is 2.97. The number of hydrogen-bond donors (Lipinski definition) is 0. The number of fused-ring (bicyclic) bond motifs is 6. The molecule has 0 fully saturated rings. The number of halogens is 2. The zero-order chi connectivity index (χ0) is 13.7. The maximum absolute atomic E-state index is 3.60. The van der Waals surface area contributed by atoms with Gasteiger partial charge in [-0.25, -0.2) is 0 Å². The van der Waals surface area contributed by atoms with Crippen molar-refractivity contribution in [3.05, 3.63) is 68.7 Å². The molecule has 0 aliphatic heterocycles. The van der Waals surface area contributed by atoms with Gasteiger partial charge in [-0.1, -0.05) is 52.3 Å². The molecule has 0 heterocycles. The Bertz CT molecular complexity index is 893. The van der Waals surface area contributed by atoms with Crippen LogP contribution in [-0.2, 0) is 0 Å². The molecule has 0 bridgehead atoms. The van der Waals surface area contributed by atoms with E-state index in [9.17, 15) is 0 Å². The highest BCUT2D eigenvalue weighted by Gasteiger charge is 2.08. The molecule has 0 amide bonds. The molecule has 0 nitrogen and oxygen atoms in total. The van der Waals surface area contributed by atoms with Crippen LogP contribution in [-0.4, -0.2) is 0 Å². The van der Waals surface area contributed by atoms with Crippen LogP contribution in [0.1, 0.15) is 0 Å². The van der Waals surface area contributed by atoms with Crippen molar-refractivity contribution in [2.24, 2.45) is 0 Å². The van der Waals surface area contributed by atoms with Crippen molar-refractivity contribution >= 4 is 70.8 Å². The van der Waals surface area contributed by atoms with Crippen molar-refractivity contribution < 1.29 is 0 Å². The summed E-state index contributed by atoms with van der Waals surface area (Å²) in [7, 11) is 0. The Labute approximate surface area is 139 Å². The standard InChI is InChI=1S/C18H10BrI/c19-11-5-7-15-13-3-1-2-4-14(13)16-8-6-12(20)10-18(16)17(15)9-11/h1-10H. The fraction of sp³-hybridized carbons (Fsp3) is 0. The summed E-state index contributed by atoms with van der Waals surface area (Å²) in [6, 6.07) is 21.9. The third-order valence-electron chi connectivity index (χ3n) is 3.76. The molecule has 0 unspecified atom stereocenters. The van der Waals surface area contributed by atoms with Crippen LogP contribution < -0.4 is 0 Å². The van der Waals surface area contributed by atoms with Crippen LogP contribution in [0, 0.1) is 3.57 Å². The smallest absolute Gasteiger partial charge is 0.0181 e. The van der Waals surface area contributed by atoms with Gasteiger partial charge < -0.3 is 0 Å². The Morgan fingerprint density at radius 1 is 0.600 bits per heavy atom. The summed E-state index contributed by atoms with van der Waals surface area (Å²) in [5, 5.41) is 7.93. The van der Waals surface area contributed by atoms with Crippen molar-refractivity contribution in [1.29, 1.82) is 0 Å². The molecule has 4 aromatic carbocycles. The second-order valence-electron chi connectivity index (χ2n) is 4.93. The van der Waals surface area contributed by atoms with Gasteiger partial charge in [0.15, 0.2) is 0 Å². The SMILES string of the molecule is Brc1ccc2c3ccccc3c3ccc(I)cc3c2c1. The summed E-state index contributed by atoms with van der Waals surface area (Å²) in [6.07, 6.45) is 0. The van der Waals surface area contributed by atoms with Gasteiger partial charge in [0, 0.05) is 8.04 Å². The van der Waals surface area contributed by atoms with Crippen LogP contribution in [0.3, 0.4) is 0 Å². The summed E-state index contributed by atoms with van der Waals surface area (Å²) < 4.78 is 2.40. The molecule has 4 rings (SSSR count). The lowest BCUT2D eigenvalue weighted by molar-refractivity contribution is 1.71. The Morgan fingerprint density at radius 3 is 1.85 bits per heavy atom. The molecular weight excluding hydrogens is 423 g/mol. The second-order valence-corrected chi connectivity index (χ2v) is 7.09. The quantitative estimate of drug-likeness (QED) is 0.219. The molecular formula is C18H10BrI. The molecule has 2 heteroatoms. The molecule has 96 valence electrons. The van der Waals surface area contributed by atoms with Gasteiger partial charge in [0.05, 0.1) is 0 Å².